The Bertz CT molecular complexity index is 4210. The Balaban J connectivity index is 0.853. The molecule has 2 heterocycles. The predicted molar refractivity (Wildman–Crippen MR) is 279 cm³/mol. The molecule has 0 unspecified atom stereocenters. The third-order valence-corrected chi connectivity index (χ3v) is 14.0. The average Bonchev–Trinajstić information content (AvgIpc) is 4.01. The van der Waals surface area contributed by atoms with Crippen molar-refractivity contribution in [3.8, 4) is 44.8 Å². The maximum absolute atomic E-state index is 6.03. The van der Waals surface area contributed by atoms with E-state index in [1.165, 1.54) is 115 Å². The van der Waals surface area contributed by atoms with Crippen molar-refractivity contribution >= 4 is 81.6 Å². The van der Waals surface area contributed by atoms with Gasteiger partial charge in [-0.05, 0) is 138 Å². The summed E-state index contributed by atoms with van der Waals surface area (Å²) in [5, 5.41) is 12.4. The molecular formula is C62H40N4. The zero-order valence-corrected chi connectivity index (χ0v) is 35.9. The Hall–Kier alpha value is -8.57. The minimum atomic E-state index is 0.246. The van der Waals surface area contributed by atoms with Gasteiger partial charge in [-0.25, -0.2) is 0 Å². The van der Waals surface area contributed by atoms with Crippen molar-refractivity contribution in [2.45, 2.75) is 0 Å². The van der Waals surface area contributed by atoms with Gasteiger partial charge in [0.15, 0.2) is 0 Å². The van der Waals surface area contributed by atoms with Crippen LogP contribution in [0.5, 0.6) is 0 Å². The van der Waals surface area contributed by atoms with Crippen molar-refractivity contribution in [1.29, 1.82) is 0 Å². The Morgan fingerprint density at radius 3 is 1.79 bits per heavy atom. The molecule has 0 amide bonds. The summed E-state index contributed by atoms with van der Waals surface area (Å²) >= 11 is 0. The van der Waals surface area contributed by atoms with Crippen LogP contribution in [0, 0.1) is 0 Å². The first kappa shape index (κ1) is 36.9. The molecule has 0 spiro atoms. The van der Waals surface area contributed by atoms with E-state index in [2.05, 4.69) is 228 Å². The maximum atomic E-state index is 6.03. The molecule has 14 rings (SSSR count). The van der Waals surface area contributed by atoms with Crippen LogP contribution >= 0.6 is 0 Å². The third kappa shape index (κ3) is 5.40. The van der Waals surface area contributed by atoms with Gasteiger partial charge in [0.05, 0.1) is 34.4 Å². The summed E-state index contributed by atoms with van der Waals surface area (Å²) in [6, 6.07) is 80.3. The number of hydrogen-bond donors (Lipinski definition) is 1. The van der Waals surface area contributed by atoms with Gasteiger partial charge in [-0.2, -0.15) is 0 Å². The lowest BCUT2D eigenvalue weighted by molar-refractivity contribution is 1.07. The van der Waals surface area contributed by atoms with Gasteiger partial charge in [0, 0.05) is 44.0 Å². The molecule has 4 heteroatoms. The van der Waals surface area contributed by atoms with E-state index < -0.39 is 0 Å². The number of fused-ring (bicyclic) bond motifs is 13. The molecule has 1 aliphatic rings. The highest BCUT2D eigenvalue weighted by molar-refractivity contribution is 6.27. The van der Waals surface area contributed by atoms with E-state index in [0.717, 1.165) is 22.5 Å². The van der Waals surface area contributed by atoms with Gasteiger partial charge in [-0.1, -0.05) is 146 Å². The summed E-state index contributed by atoms with van der Waals surface area (Å²) in [4.78, 5) is 4.81. The van der Waals surface area contributed by atoms with E-state index in [9.17, 15) is 0 Å². The molecule has 0 aliphatic heterocycles. The number of aromatic nitrogens is 2. The molecule has 2 aromatic heterocycles. The molecule has 0 radical (unpaired) electrons. The monoisotopic (exact) mass is 840 g/mol. The number of para-hydroxylation sites is 3. The zero-order valence-electron chi connectivity index (χ0n) is 35.9. The molecule has 0 bridgehead atoms. The highest BCUT2D eigenvalue weighted by Gasteiger charge is 2.27. The number of aliphatic imine (C=N–C) groups is 1. The van der Waals surface area contributed by atoms with Crippen LogP contribution in [0.1, 0.15) is 11.1 Å². The fourth-order valence-corrected chi connectivity index (χ4v) is 11.1. The van der Waals surface area contributed by atoms with Crippen LogP contribution in [0.2, 0.25) is 0 Å². The van der Waals surface area contributed by atoms with Gasteiger partial charge < -0.3 is 14.9 Å². The normalized spacial score (nSPS) is 13.0. The highest BCUT2D eigenvalue weighted by Crippen LogP contribution is 2.44. The molecule has 66 heavy (non-hydrogen) atoms. The summed E-state index contributed by atoms with van der Waals surface area (Å²) in [5.41, 5.74) is 23.6. The van der Waals surface area contributed by atoms with Gasteiger partial charge in [-0.15, -0.1) is 0 Å². The maximum Gasteiger partial charge on any atom is 0.0867 e. The fraction of sp³-hybridized carbons (Fsp3) is 0.0161. The highest BCUT2D eigenvalue weighted by atomic mass is 15.0. The second-order valence-corrected chi connectivity index (χ2v) is 17.6. The predicted octanol–water partition coefficient (Wildman–Crippen LogP) is 15.4. The molecule has 0 saturated heterocycles. The summed E-state index contributed by atoms with van der Waals surface area (Å²) in [6.45, 7) is 0.246. The summed E-state index contributed by atoms with van der Waals surface area (Å²) in [6.07, 6.45) is 0. The van der Waals surface area contributed by atoms with E-state index in [1.54, 1.807) is 0 Å². The second kappa shape index (κ2) is 14.2. The summed E-state index contributed by atoms with van der Waals surface area (Å²) in [7, 11) is 0. The lowest BCUT2D eigenvalue weighted by Gasteiger charge is -2.13. The fourth-order valence-electron chi connectivity index (χ4n) is 11.1. The zero-order chi connectivity index (χ0) is 43.5. The van der Waals surface area contributed by atoms with Gasteiger partial charge in [0.2, 0.25) is 0 Å². The van der Waals surface area contributed by atoms with Gasteiger partial charge in [0.25, 0.3) is 0 Å². The quantitative estimate of drug-likeness (QED) is 0.184. The van der Waals surface area contributed by atoms with Crippen LogP contribution in [-0.2, 0) is 0 Å². The van der Waals surface area contributed by atoms with Crippen molar-refractivity contribution in [2.75, 3.05) is 6.67 Å². The topological polar surface area (TPSA) is 48.2 Å². The van der Waals surface area contributed by atoms with E-state index in [0.29, 0.717) is 0 Å². The molecule has 1 aliphatic carbocycles. The van der Waals surface area contributed by atoms with E-state index in [1.807, 2.05) is 0 Å². The van der Waals surface area contributed by atoms with Crippen LogP contribution in [0.25, 0.3) is 121 Å². The molecule has 0 saturated carbocycles. The van der Waals surface area contributed by atoms with Crippen LogP contribution in [0.4, 0.5) is 0 Å². The number of nitrogens with zero attached hydrogens (tertiary/aromatic N) is 3. The molecule has 2 N–H and O–H groups in total. The number of hydrogen-bond acceptors (Lipinski definition) is 2. The van der Waals surface area contributed by atoms with Crippen molar-refractivity contribution in [3.05, 3.63) is 230 Å². The number of rotatable bonds is 5. The Morgan fingerprint density at radius 1 is 0.333 bits per heavy atom. The van der Waals surface area contributed by atoms with Gasteiger partial charge in [0.1, 0.15) is 0 Å². The van der Waals surface area contributed by atoms with Crippen molar-refractivity contribution in [2.24, 2.45) is 10.7 Å². The van der Waals surface area contributed by atoms with Crippen LogP contribution in [0.15, 0.2) is 223 Å². The SMILES string of the molecule is NC/N=C1/c2ccccc2-c2cccc(-c3ccc4cc(-n5c6ccccc6c6cc7cc(-c8ccc9c(ccc%10c9c9ccccc9n%10-c9ccccc9)c8)ccc7cc65)ccc4c3)c21. The smallest absolute Gasteiger partial charge is 0.0867 e. The largest absolute Gasteiger partial charge is 0.312 e. The van der Waals surface area contributed by atoms with Crippen LogP contribution < -0.4 is 5.73 Å². The Kier molecular flexibility index (Phi) is 7.94. The van der Waals surface area contributed by atoms with E-state index in [-0.39, 0.29) is 6.67 Å². The number of benzene rings is 11. The molecule has 4 nitrogen and oxygen atoms in total. The molecule has 308 valence electrons. The summed E-state index contributed by atoms with van der Waals surface area (Å²) < 4.78 is 4.82. The van der Waals surface area contributed by atoms with Gasteiger partial charge >= 0.3 is 0 Å². The van der Waals surface area contributed by atoms with Crippen LogP contribution in [-0.4, -0.2) is 21.5 Å². The number of nitrogens with two attached hydrogens (primary N) is 1. The van der Waals surface area contributed by atoms with Crippen molar-refractivity contribution in [3.63, 3.8) is 0 Å². The molecule has 0 fully saturated rings. The van der Waals surface area contributed by atoms with Crippen molar-refractivity contribution in [1.82, 2.24) is 9.13 Å². The van der Waals surface area contributed by atoms with Crippen LogP contribution in [0.3, 0.4) is 0 Å². The lowest BCUT2D eigenvalue weighted by atomic mass is 9.93. The first-order chi connectivity index (χ1) is 32.7. The second-order valence-electron chi connectivity index (χ2n) is 17.6. The minimum absolute atomic E-state index is 0.246. The Morgan fingerprint density at radius 2 is 0.939 bits per heavy atom. The summed E-state index contributed by atoms with van der Waals surface area (Å²) in [5.74, 6) is 0. The van der Waals surface area contributed by atoms with E-state index in [4.69, 9.17) is 10.7 Å². The minimum Gasteiger partial charge on any atom is -0.312 e. The first-order valence-electron chi connectivity index (χ1n) is 22.7. The lowest BCUT2D eigenvalue weighted by Crippen LogP contribution is -2.05. The average molecular weight is 841 g/mol. The van der Waals surface area contributed by atoms with Gasteiger partial charge in [-0.3, -0.25) is 4.99 Å². The third-order valence-electron chi connectivity index (χ3n) is 14.0. The Labute approximate surface area is 380 Å². The molecule has 11 aromatic carbocycles. The molecule has 0 atom stereocenters. The molecule has 13 aromatic rings. The standard InChI is InChI=1S/C62H40N4/c63-37-64-62-53-15-5-4-13-50(53)52-18-10-17-48(61(52)62)43-24-23-41-34-47(28-25-39(41)31-43)66-56-19-8-6-14-51(56)55-35-45-33-38(21-22-42(45)36-59(55)66)40-26-29-49-44(32-40)27-30-58-60(49)54-16-7-9-20-57(54)65(58)46-11-2-1-3-12-46/h1-36H,37,63H2/b64-62-. The van der Waals surface area contributed by atoms with E-state index >= 15 is 0 Å². The molecular weight excluding hydrogens is 801 g/mol. The first-order valence-corrected chi connectivity index (χ1v) is 22.7. The van der Waals surface area contributed by atoms with Crippen molar-refractivity contribution < 1.29 is 0 Å².